The third kappa shape index (κ3) is 6.51. The average Bonchev–Trinajstić information content (AvgIpc) is 3.57. The van der Waals surface area contributed by atoms with Crippen LogP contribution in [0, 0.1) is 0 Å². The van der Waals surface area contributed by atoms with E-state index in [0.29, 0.717) is 62.9 Å². The molecular weight excluding hydrogens is 607 g/mol. The summed E-state index contributed by atoms with van der Waals surface area (Å²) in [5, 5.41) is 22.4. The van der Waals surface area contributed by atoms with Gasteiger partial charge in [-0.2, -0.15) is 0 Å². The van der Waals surface area contributed by atoms with Gasteiger partial charge in [0.15, 0.2) is 13.8 Å². The van der Waals surface area contributed by atoms with Crippen LogP contribution in [0.25, 0.3) is 0 Å². The van der Waals surface area contributed by atoms with Crippen LogP contribution in [0.3, 0.4) is 0 Å². The minimum Gasteiger partial charge on any atom is -0.477 e. The van der Waals surface area contributed by atoms with Crippen LogP contribution >= 0.6 is 58.0 Å². The first-order valence-electron chi connectivity index (χ1n) is 11.6. The number of hydrogen-bond donors (Lipinski definition) is 3. The highest BCUT2D eigenvalue weighted by molar-refractivity contribution is 8.03. The molecule has 5 rings (SSSR count). The van der Waals surface area contributed by atoms with Gasteiger partial charge in [0.25, 0.3) is 5.91 Å². The van der Waals surface area contributed by atoms with E-state index >= 15 is 0 Å². The van der Waals surface area contributed by atoms with Crippen molar-refractivity contribution in [2.45, 2.75) is 26.5 Å². The molecule has 1 unspecified atom stereocenters. The zero-order valence-electron chi connectivity index (χ0n) is 20.2. The number of carbonyl (C=O) groups is 4. The van der Waals surface area contributed by atoms with Gasteiger partial charge in [0.2, 0.25) is 11.8 Å². The zero-order chi connectivity index (χ0) is 27.5. The SMILES string of the molecule is Nc1nc(CC(=O)NC2C(=O)N3C(C(=O)O)=C(CSc4nnc(SCC(=O)N5CCOCC5)s4)CS[C@H]23)cs1. The highest BCUT2D eigenvalue weighted by Crippen LogP contribution is 2.42. The second-order valence-corrected chi connectivity index (χ2v) is 13.9. The quantitative estimate of drug-likeness (QED) is 0.246. The molecule has 0 radical (unpaired) electrons. The lowest BCUT2D eigenvalue weighted by molar-refractivity contribution is -0.150. The number of morpholine rings is 1. The molecule has 2 aromatic rings. The average molecular weight is 630 g/mol. The number of nitrogens with zero attached hydrogens (tertiary/aromatic N) is 5. The van der Waals surface area contributed by atoms with E-state index in [1.807, 2.05) is 0 Å². The number of aliphatic carboxylic acids is 1. The molecule has 2 saturated heterocycles. The van der Waals surface area contributed by atoms with Gasteiger partial charge in [-0.1, -0.05) is 34.9 Å². The molecule has 3 aliphatic heterocycles. The van der Waals surface area contributed by atoms with Gasteiger partial charge in [0.05, 0.1) is 31.1 Å². The van der Waals surface area contributed by atoms with E-state index in [-0.39, 0.29) is 29.7 Å². The van der Waals surface area contributed by atoms with Crippen LogP contribution in [-0.2, 0) is 30.3 Å². The number of nitrogens with two attached hydrogens (primary N) is 1. The molecule has 2 atom stereocenters. The van der Waals surface area contributed by atoms with Crippen molar-refractivity contribution in [1.82, 2.24) is 30.3 Å². The van der Waals surface area contributed by atoms with Crippen LogP contribution in [0.2, 0.25) is 0 Å². The smallest absolute Gasteiger partial charge is 0.352 e. The number of ether oxygens (including phenoxy) is 1. The molecule has 0 spiro atoms. The van der Waals surface area contributed by atoms with Crippen molar-refractivity contribution >= 4 is 86.8 Å². The highest BCUT2D eigenvalue weighted by Gasteiger charge is 2.54. The van der Waals surface area contributed by atoms with E-state index in [0.717, 1.165) is 0 Å². The Morgan fingerprint density at radius 2 is 1.95 bits per heavy atom. The topological polar surface area (TPSA) is 181 Å². The van der Waals surface area contributed by atoms with Crippen molar-refractivity contribution in [3.05, 3.63) is 22.3 Å². The number of hydrogen-bond acceptors (Lipinski definition) is 14. The van der Waals surface area contributed by atoms with Crippen LogP contribution in [-0.4, -0.2) is 109 Å². The van der Waals surface area contributed by atoms with Gasteiger partial charge in [0, 0.05) is 30.0 Å². The van der Waals surface area contributed by atoms with Gasteiger partial charge in [-0.15, -0.1) is 33.3 Å². The number of anilines is 1. The Morgan fingerprint density at radius 1 is 1.21 bits per heavy atom. The lowest BCUT2D eigenvalue weighted by atomic mass is 10.0. The molecule has 2 fully saturated rings. The number of carbonyl (C=O) groups excluding carboxylic acids is 3. The first-order chi connectivity index (χ1) is 18.8. The second-order valence-electron chi connectivity index (χ2n) is 8.47. The second kappa shape index (κ2) is 12.4. The lowest BCUT2D eigenvalue weighted by Crippen LogP contribution is -2.70. The number of carboxylic acids is 1. The summed E-state index contributed by atoms with van der Waals surface area (Å²) < 4.78 is 6.57. The van der Waals surface area contributed by atoms with Crippen LogP contribution in [0.4, 0.5) is 5.13 Å². The number of nitrogen functional groups attached to an aromatic ring is 1. The van der Waals surface area contributed by atoms with E-state index in [1.165, 1.54) is 62.9 Å². The molecule has 4 N–H and O–H groups in total. The molecule has 39 heavy (non-hydrogen) atoms. The molecular formula is C21H23N7O6S5. The van der Waals surface area contributed by atoms with Crippen LogP contribution < -0.4 is 11.1 Å². The van der Waals surface area contributed by atoms with Crippen molar-refractivity contribution in [2.75, 3.05) is 49.3 Å². The number of thiazole rings is 1. The van der Waals surface area contributed by atoms with Crippen molar-refractivity contribution in [3.63, 3.8) is 0 Å². The first kappa shape index (κ1) is 28.2. The number of carboxylic acid groups (broad SMARTS) is 1. The van der Waals surface area contributed by atoms with Crippen LogP contribution in [0.15, 0.2) is 25.3 Å². The predicted molar refractivity (Wildman–Crippen MR) is 149 cm³/mol. The summed E-state index contributed by atoms with van der Waals surface area (Å²) in [6, 6.07) is -0.801. The van der Waals surface area contributed by atoms with Gasteiger partial charge >= 0.3 is 5.97 Å². The Morgan fingerprint density at radius 3 is 2.64 bits per heavy atom. The Hall–Kier alpha value is -2.38. The van der Waals surface area contributed by atoms with E-state index < -0.39 is 23.3 Å². The lowest BCUT2D eigenvalue weighted by Gasteiger charge is -2.49. The first-order valence-corrected chi connectivity index (χ1v) is 16.4. The summed E-state index contributed by atoms with van der Waals surface area (Å²) in [5.41, 5.74) is 6.65. The molecule has 208 valence electrons. The summed E-state index contributed by atoms with van der Waals surface area (Å²) in [4.78, 5) is 56.8. The summed E-state index contributed by atoms with van der Waals surface area (Å²) in [6.45, 7) is 2.27. The van der Waals surface area contributed by atoms with Gasteiger partial charge in [0.1, 0.15) is 17.1 Å². The number of thioether (sulfide) groups is 3. The Balaban J connectivity index is 1.15. The fourth-order valence-corrected chi connectivity index (χ4v) is 9.05. The summed E-state index contributed by atoms with van der Waals surface area (Å²) in [5.74, 6) is -1.03. The largest absolute Gasteiger partial charge is 0.477 e. The molecule has 0 bridgehead atoms. The van der Waals surface area contributed by atoms with Crippen molar-refractivity contribution in [2.24, 2.45) is 0 Å². The third-order valence-corrected chi connectivity index (χ3v) is 11.2. The van der Waals surface area contributed by atoms with E-state index in [1.54, 1.807) is 10.3 Å². The molecule has 3 amide bonds. The normalized spacial score (nSPS) is 21.0. The number of amides is 3. The fraction of sp³-hybridized carbons (Fsp3) is 0.476. The molecule has 18 heteroatoms. The number of fused-ring (bicyclic) bond motifs is 1. The molecule has 13 nitrogen and oxygen atoms in total. The predicted octanol–water partition coefficient (Wildman–Crippen LogP) is 0.601. The maximum Gasteiger partial charge on any atom is 0.352 e. The van der Waals surface area contributed by atoms with E-state index in [4.69, 9.17) is 10.5 Å². The fourth-order valence-electron chi connectivity index (χ4n) is 4.08. The number of aromatic nitrogens is 3. The highest BCUT2D eigenvalue weighted by atomic mass is 32.2. The van der Waals surface area contributed by atoms with Crippen molar-refractivity contribution in [3.8, 4) is 0 Å². The molecule has 0 saturated carbocycles. The number of nitrogens with one attached hydrogen (secondary N) is 1. The van der Waals surface area contributed by atoms with Crippen molar-refractivity contribution in [1.29, 1.82) is 0 Å². The zero-order valence-corrected chi connectivity index (χ0v) is 24.3. The van der Waals surface area contributed by atoms with E-state index in [9.17, 15) is 24.3 Å². The standard InChI is InChI=1S/C21H23N7O6S5/c22-19-23-11(8-36-19)5-12(29)24-14-16(31)28-15(18(32)33)10(6-35-17(14)28)7-37-20-25-26-21(39-20)38-9-13(30)27-1-3-34-4-2-27/h8,14,17H,1-7,9H2,(H2,22,23)(H,24,29)(H,32,33)/t14?,17-/m1/s1. The molecule has 2 aromatic heterocycles. The molecule has 5 heterocycles. The van der Waals surface area contributed by atoms with E-state index in [2.05, 4.69) is 20.5 Å². The summed E-state index contributed by atoms with van der Waals surface area (Å²) >= 11 is 6.62. The molecule has 3 aliphatic rings. The maximum atomic E-state index is 12.9. The van der Waals surface area contributed by atoms with Crippen molar-refractivity contribution < 1.29 is 29.0 Å². The summed E-state index contributed by atoms with van der Waals surface area (Å²) in [6.07, 6.45) is -0.0120. The van der Waals surface area contributed by atoms with Gasteiger partial charge in [-0.3, -0.25) is 19.3 Å². The maximum absolute atomic E-state index is 12.9. The third-order valence-electron chi connectivity index (χ3n) is 5.92. The summed E-state index contributed by atoms with van der Waals surface area (Å²) in [7, 11) is 0. The minimum absolute atomic E-state index is 0.0120. The molecule has 0 aromatic carbocycles. The molecule has 0 aliphatic carbocycles. The van der Waals surface area contributed by atoms with Crippen LogP contribution in [0.5, 0.6) is 0 Å². The number of rotatable bonds is 10. The minimum atomic E-state index is -1.19. The monoisotopic (exact) mass is 629 g/mol. The van der Waals surface area contributed by atoms with Crippen LogP contribution in [0.1, 0.15) is 5.69 Å². The van der Waals surface area contributed by atoms with Gasteiger partial charge in [-0.05, 0) is 5.57 Å². The Bertz CT molecular complexity index is 1310. The van der Waals surface area contributed by atoms with Gasteiger partial charge < -0.3 is 25.8 Å². The number of β-lactam (4-membered cyclic amide) rings is 1. The van der Waals surface area contributed by atoms with Gasteiger partial charge in [-0.25, -0.2) is 9.78 Å². The Labute approximate surface area is 243 Å². The Kier molecular flexibility index (Phi) is 8.97.